The van der Waals surface area contributed by atoms with Crippen molar-refractivity contribution in [2.45, 2.75) is 40.2 Å². The Hall–Kier alpha value is -1.36. The van der Waals surface area contributed by atoms with E-state index >= 15 is 0 Å². The number of hydrogen-bond donors (Lipinski definition) is 2. The molecule has 0 radical (unpaired) electrons. The van der Waals surface area contributed by atoms with Crippen LogP contribution in [0.25, 0.3) is 0 Å². The Morgan fingerprint density at radius 2 is 2.00 bits per heavy atom. The highest BCUT2D eigenvalue weighted by Gasteiger charge is 2.31. The van der Waals surface area contributed by atoms with Crippen LogP contribution in [0.4, 0.5) is 11.5 Å². The first-order valence-corrected chi connectivity index (χ1v) is 6.25. The molecule has 0 aliphatic carbocycles. The van der Waals surface area contributed by atoms with Crippen LogP contribution in [0.1, 0.15) is 32.9 Å². The molecule has 0 bridgehead atoms. The van der Waals surface area contributed by atoms with Gasteiger partial charge in [0.1, 0.15) is 5.69 Å². The number of aromatic nitrogens is 2. The smallest absolute Gasteiger partial charge is 0.226 e. The molecule has 18 heavy (non-hydrogen) atoms. The summed E-state index contributed by atoms with van der Waals surface area (Å²) in [7, 11) is 0. The topological polar surface area (TPSA) is 66.9 Å². The minimum absolute atomic E-state index is 0.00381. The van der Waals surface area contributed by atoms with E-state index in [9.17, 15) is 4.79 Å². The molecule has 0 spiro atoms. The molecule has 1 aliphatic rings. The lowest BCUT2D eigenvalue weighted by molar-refractivity contribution is -0.116. The zero-order valence-electron chi connectivity index (χ0n) is 11.0. The van der Waals surface area contributed by atoms with E-state index in [-0.39, 0.29) is 22.6 Å². The Kier molecular flexibility index (Phi) is 3.19. The summed E-state index contributed by atoms with van der Waals surface area (Å²) in [6.45, 7) is 8.04. The van der Waals surface area contributed by atoms with Gasteiger partial charge in [0, 0.05) is 12.5 Å². The predicted octanol–water partition coefficient (Wildman–Crippen LogP) is 2.61. The molecule has 0 fully saturated rings. The van der Waals surface area contributed by atoms with E-state index in [0.29, 0.717) is 23.6 Å². The van der Waals surface area contributed by atoms with E-state index in [1.807, 2.05) is 0 Å². The molecule has 1 aliphatic heterocycles. The lowest BCUT2D eigenvalue weighted by Crippen LogP contribution is -2.35. The zero-order chi connectivity index (χ0) is 13.5. The summed E-state index contributed by atoms with van der Waals surface area (Å²) >= 11 is 5.86. The second-order valence-corrected chi connectivity index (χ2v) is 5.95. The second-order valence-electron chi connectivity index (χ2n) is 5.62. The summed E-state index contributed by atoms with van der Waals surface area (Å²) in [5, 5.41) is 6.31. The molecule has 0 saturated heterocycles. The number of hydrogen-bond acceptors (Lipinski definition) is 4. The Morgan fingerprint density at radius 3 is 2.61 bits per heavy atom. The van der Waals surface area contributed by atoms with E-state index in [1.165, 1.54) is 0 Å². The normalized spacial score (nSPS) is 19.6. The number of carbonyl (C=O) groups is 1. The summed E-state index contributed by atoms with van der Waals surface area (Å²) in [5.74, 6) is 0.563. The summed E-state index contributed by atoms with van der Waals surface area (Å²) in [5.41, 5.74) is 1.24. The molecule has 2 heterocycles. The zero-order valence-corrected chi connectivity index (χ0v) is 11.7. The molecule has 98 valence electrons. The third kappa shape index (κ3) is 2.56. The van der Waals surface area contributed by atoms with Gasteiger partial charge in [-0.3, -0.25) is 4.79 Å². The van der Waals surface area contributed by atoms with Crippen LogP contribution in [0.5, 0.6) is 0 Å². The van der Waals surface area contributed by atoms with Crippen molar-refractivity contribution in [3.05, 3.63) is 11.0 Å². The third-order valence-electron chi connectivity index (χ3n) is 3.07. The number of nitrogens with one attached hydrogen (secondary N) is 2. The molecular weight excluding hydrogens is 252 g/mol. The lowest BCUT2D eigenvalue weighted by atomic mass is 9.85. The molecule has 1 atom stereocenters. The first-order chi connectivity index (χ1) is 8.27. The highest BCUT2D eigenvalue weighted by Crippen LogP contribution is 2.33. The van der Waals surface area contributed by atoms with Crippen LogP contribution < -0.4 is 10.6 Å². The van der Waals surface area contributed by atoms with E-state index < -0.39 is 0 Å². The molecule has 5 nitrogen and oxygen atoms in total. The fourth-order valence-corrected chi connectivity index (χ4v) is 2.12. The number of aryl methyl sites for hydroxylation is 1. The fraction of sp³-hybridized carbons (Fsp3) is 0.583. The maximum atomic E-state index is 11.9. The van der Waals surface area contributed by atoms with Gasteiger partial charge in [0.25, 0.3) is 0 Å². The van der Waals surface area contributed by atoms with Gasteiger partial charge in [0.2, 0.25) is 11.2 Å². The SMILES string of the molecule is Cc1nc(Cl)nc2c1NC(=O)CC(C(C)(C)C)N2. The van der Waals surface area contributed by atoms with Crippen molar-refractivity contribution in [2.75, 3.05) is 10.6 Å². The number of rotatable bonds is 0. The van der Waals surface area contributed by atoms with Crippen LogP contribution in [0.3, 0.4) is 0 Å². The summed E-state index contributed by atoms with van der Waals surface area (Å²) in [6, 6.07) is 0.00381. The Bertz CT molecular complexity index is 496. The number of halogens is 1. The maximum Gasteiger partial charge on any atom is 0.226 e. The van der Waals surface area contributed by atoms with Crippen LogP contribution in [0.2, 0.25) is 5.28 Å². The average molecular weight is 269 g/mol. The average Bonchev–Trinajstić information content (AvgIpc) is 2.36. The molecule has 1 aromatic rings. The van der Waals surface area contributed by atoms with Crippen LogP contribution in [0, 0.1) is 12.3 Å². The van der Waals surface area contributed by atoms with E-state index in [1.54, 1.807) is 6.92 Å². The summed E-state index contributed by atoms with van der Waals surface area (Å²) in [6.07, 6.45) is 0.400. The number of amides is 1. The largest absolute Gasteiger partial charge is 0.364 e. The first kappa shape index (κ1) is 13.1. The molecule has 1 amide bonds. The molecule has 6 heteroatoms. The van der Waals surface area contributed by atoms with Crippen molar-refractivity contribution >= 4 is 29.0 Å². The minimum atomic E-state index is -0.0513. The first-order valence-electron chi connectivity index (χ1n) is 5.88. The molecule has 0 aromatic carbocycles. The molecule has 2 N–H and O–H groups in total. The van der Waals surface area contributed by atoms with Crippen molar-refractivity contribution in [1.82, 2.24) is 9.97 Å². The predicted molar refractivity (Wildman–Crippen MR) is 71.9 cm³/mol. The molecule has 1 aromatic heterocycles. The van der Waals surface area contributed by atoms with Gasteiger partial charge in [-0.1, -0.05) is 20.8 Å². The van der Waals surface area contributed by atoms with E-state index in [0.717, 1.165) is 0 Å². The summed E-state index contributed by atoms with van der Waals surface area (Å²) in [4.78, 5) is 20.1. The van der Waals surface area contributed by atoms with Crippen molar-refractivity contribution in [3.8, 4) is 0 Å². The van der Waals surface area contributed by atoms with Crippen molar-refractivity contribution in [2.24, 2.45) is 5.41 Å². The van der Waals surface area contributed by atoms with Crippen LogP contribution >= 0.6 is 11.6 Å². The number of anilines is 2. The number of carbonyl (C=O) groups excluding carboxylic acids is 1. The maximum absolute atomic E-state index is 11.9. The van der Waals surface area contributed by atoms with Gasteiger partial charge >= 0.3 is 0 Å². The Morgan fingerprint density at radius 1 is 1.33 bits per heavy atom. The minimum Gasteiger partial charge on any atom is -0.364 e. The standard InChI is InChI=1S/C12H17ClN4O/c1-6-9-10(17-11(13)14-6)15-7(12(2,3)4)5-8(18)16-9/h7H,5H2,1-4H3,(H,16,18)(H,14,15,17). The van der Waals surface area contributed by atoms with Gasteiger partial charge in [-0.2, -0.15) is 4.98 Å². The van der Waals surface area contributed by atoms with Gasteiger partial charge in [0.15, 0.2) is 5.82 Å². The highest BCUT2D eigenvalue weighted by atomic mass is 35.5. The van der Waals surface area contributed by atoms with Gasteiger partial charge < -0.3 is 10.6 Å². The van der Waals surface area contributed by atoms with Crippen molar-refractivity contribution < 1.29 is 4.79 Å². The van der Waals surface area contributed by atoms with Crippen LogP contribution in [-0.4, -0.2) is 21.9 Å². The van der Waals surface area contributed by atoms with Crippen molar-refractivity contribution in [1.29, 1.82) is 0 Å². The lowest BCUT2D eigenvalue weighted by Gasteiger charge is -2.30. The van der Waals surface area contributed by atoms with Crippen LogP contribution in [0.15, 0.2) is 0 Å². The van der Waals surface area contributed by atoms with Crippen LogP contribution in [-0.2, 0) is 4.79 Å². The summed E-state index contributed by atoms with van der Waals surface area (Å²) < 4.78 is 0. The van der Waals surface area contributed by atoms with Crippen molar-refractivity contribution in [3.63, 3.8) is 0 Å². The number of nitrogens with zero attached hydrogens (tertiary/aromatic N) is 2. The Balaban J connectivity index is 2.46. The second kappa shape index (κ2) is 4.39. The molecule has 2 rings (SSSR count). The Labute approximate surface area is 111 Å². The van der Waals surface area contributed by atoms with Gasteiger partial charge in [-0.15, -0.1) is 0 Å². The van der Waals surface area contributed by atoms with Gasteiger partial charge in [-0.25, -0.2) is 4.98 Å². The monoisotopic (exact) mass is 268 g/mol. The fourth-order valence-electron chi connectivity index (χ4n) is 1.91. The van der Waals surface area contributed by atoms with Gasteiger partial charge in [-0.05, 0) is 23.9 Å². The highest BCUT2D eigenvalue weighted by molar-refractivity contribution is 6.28. The molecule has 0 saturated carbocycles. The quantitative estimate of drug-likeness (QED) is 0.710. The van der Waals surface area contributed by atoms with E-state index in [2.05, 4.69) is 41.4 Å². The van der Waals surface area contributed by atoms with Gasteiger partial charge in [0.05, 0.1) is 5.69 Å². The third-order valence-corrected chi connectivity index (χ3v) is 3.24. The molecule has 1 unspecified atom stereocenters. The molecular formula is C12H17ClN4O. The van der Waals surface area contributed by atoms with E-state index in [4.69, 9.17) is 11.6 Å². The number of fused-ring (bicyclic) bond motifs is 1.